The van der Waals surface area contributed by atoms with Gasteiger partial charge in [-0.1, -0.05) is 30.3 Å². The highest BCUT2D eigenvalue weighted by atomic mass is 19.1. The summed E-state index contributed by atoms with van der Waals surface area (Å²) in [6, 6.07) is 20.5. The normalized spacial score (nSPS) is 10.7. The molecule has 3 aromatic carbocycles. The lowest BCUT2D eigenvalue weighted by atomic mass is 10.2. The van der Waals surface area contributed by atoms with Gasteiger partial charge >= 0.3 is 12.1 Å². The van der Waals surface area contributed by atoms with Crippen molar-refractivity contribution < 1.29 is 33.0 Å². The SMILES string of the molecule is Cc1cc(OC(=O)N(CC(=O)O)Cc2ccc(OCCc3nc(-c4ccccc4)oc3C)cc2)ccc1F. The standard InChI is InChI=1S/C29H27FN2O6/c1-19-16-24(12-13-25(19)30)38-29(35)32(18-27(33)34)17-21-8-10-23(11-9-21)36-15-14-26-20(2)37-28(31-26)22-6-4-3-5-7-22/h3-13,16H,14-15,17-18H2,1-2H3,(H,33,34). The number of benzene rings is 3. The van der Waals surface area contributed by atoms with E-state index in [9.17, 15) is 19.1 Å². The largest absolute Gasteiger partial charge is 0.493 e. The molecular formula is C29H27FN2O6. The third-order valence-electron chi connectivity index (χ3n) is 5.74. The number of carbonyl (C=O) groups excluding carboxylic acids is 1. The number of carboxylic acid groups (broad SMARTS) is 1. The zero-order valence-corrected chi connectivity index (χ0v) is 21.0. The molecule has 0 fully saturated rings. The Bertz CT molecular complexity index is 1400. The lowest BCUT2D eigenvalue weighted by Gasteiger charge is -2.20. The number of carbonyl (C=O) groups is 2. The Balaban J connectivity index is 1.33. The fraction of sp³-hybridized carbons (Fsp3) is 0.207. The van der Waals surface area contributed by atoms with Gasteiger partial charge in [0.1, 0.15) is 29.6 Å². The molecule has 9 heteroatoms. The Morgan fingerprint density at radius 1 is 1.00 bits per heavy atom. The molecule has 1 aromatic heterocycles. The van der Waals surface area contributed by atoms with Crippen LogP contribution in [0.3, 0.4) is 0 Å². The Morgan fingerprint density at radius 2 is 1.71 bits per heavy atom. The quantitative estimate of drug-likeness (QED) is 0.283. The Hall–Kier alpha value is -4.66. The maximum absolute atomic E-state index is 13.5. The molecule has 1 N–H and O–H groups in total. The summed E-state index contributed by atoms with van der Waals surface area (Å²) in [4.78, 5) is 29.6. The number of amides is 1. The molecule has 38 heavy (non-hydrogen) atoms. The molecular weight excluding hydrogens is 491 g/mol. The average Bonchev–Trinajstić information content (AvgIpc) is 3.27. The fourth-order valence-corrected chi connectivity index (χ4v) is 3.74. The van der Waals surface area contributed by atoms with E-state index >= 15 is 0 Å². The zero-order valence-electron chi connectivity index (χ0n) is 21.0. The number of aromatic nitrogens is 1. The number of carboxylic acids is 1. The highest BCUT2D eigenvalue weighted by Crippen LogP contribution is 2.22. The molecule has 0 spiro atoms. The van der Waals surface area contributed by atoms with Crippen LogP contribution >= 0.6 is 0 Å². The van der Waals surface area contributed by atoms with Crippen LogP contribution in [0.2, 0.25) is 0 Å². The van der Waals surface area contributed by atoms with Crippen molar-refractivity contribution in [1.82, 2.24) is 9.88 Å². The maximum Gasteiger partial charge on any atom is 0.416 e. The molecule has 196 valence electrons. The lowest BCUT2D eigenvalue weighted by molar-refractivity contribution is -0.138. The predicted octanol–water partition coefficient (Wildman–Crippen LogP) is 5.80. The van der Waals surface area contributed by atoms with Gasteiger partial charge in [0.15, 0.2) is 0 Å². The van der Waals surface area contributed by atoms with Gasteiger partial charge in [-0.25, -0.2) is 14.2 Å². The second-order valence-electron chi connectivity index (χ2n) is 8.66. The second-order valence-corrected chi connectivity index (χ2v) is 8.66. The van der Waals surface area contributed by atoms with Crippen LogP contribution in [0.4, 0.5) is 9.18 Å². The van der Waals surface area contributed by atoms with Gasteiger partial charge in [-0.05, 0) is 67.4 Å². The van der Waals surface area contributed by atoms with Crippen molar-refractivity contribution in [2.24, 2.45) is 0 Å². The van der Waals surface area contributed by atoms with Gasteiger partial charge in [-0.2, -0.15) is 0 Å². The van der Waals surface area contributed by atoms with Crippen molar-refractivity contribution in [2.75, 3.05) is 13.2 Å². The van der Waals surface area contributed by atoms with Crippen LogP contribution in [0, 0.1) is 19.7 Å². The van der Waals surface area contributed by atoms with Gasteiger partial charge in [0.05, 0.1) is 12.3 Å². The van der Waals surface area contributed by atoms with Crippen LogP contribution in [-0.4, -0.2) is 40.2 Å². The molecule has 1 heterocycles. The average molecular weight is 519 g/mol. The molecule has 0 bridgehead atoms. The van der Waals surface area contributed by atoms with Crippen LogP contribution < -0.4 is 9.47 Å². The first-order chi connectivity index (χ1) is 18.3. The molecule has 0 atom stereocenters. The first-order valence-corrected chi connectivity index (χ1v) is 12.0. The molecule has 0 aliphatic rings. The van der Waals surface area contributed by atoms with Crippen LogP contribution in [0.25, 0.3) is 11.5 Å². The van der Waals surface area contributed by atoms with Gasteiger partial charge in [0.25, 0.3) is 0 Å². The van der Waals surface area contributed by atoms with Crippen LogP contribution in [0.5, 0.6) is 11.5 Å². The lowest BCUT2D eigenvalue weighted by Crippen LogP contribution is -2.37. The van der Waals surface area contributed by atoms with E-state index in [1.54, 1.807) is 31.2 Å². The first-order valence-electron chi connectivity index (χ1n) is 12.0. The number of nitrogens with zero attached hydrogens (tertiary/aromatic N) is 2. The Morgan fingerprint density at radius 3 is 2.39 bits per heavy atom. The summed E-state index contributed by atoms with van der Waals surface area (Å²) in [5, 5.41) is 9.25. The van der Waals surface area contributed by atoms with E-state index in [2.05, 4.69) is 4.98 Å². The number of aryl methyl sites for hydroxylation is 2. The minimum atomic E-state index is -1.18. The van der Waals surface area contributed by atoms with Gasteiger partial charge < -0.3 is 19.0 Å². The summed E-state index contributed by atoms with van der Waals surface area (Å²) in [7, 11) is 0. The van der Waals surface area contributed by atoms with Crippen molar-refractivity contribution in [3.05, 3.63) is 101 Å². The minimum absolute atomic E-state index is 0.00594. The molecule has 0 saturated heterocycles. The van der Waals surface area contributed by atoms with E-state index in [1.165, 1.54) is 18.2 Å². The monoisotopic (exact) mass is 518 g/mol. The van der Waals surface area contributed by atoms with Crippen molar-refractivity contribution >= 4 is 12.1 Å². The minimum Gasteiger partial charge on any atom is -0.493 e. The second kappa shape index (κ2) is 12.1. The third-order valence-corrected chi connectivity index (χ3v) is 5.74. The van der Waals surface area contributed by atoms with E-state index in [0.717, 1.165) is 21.9 Å². The van der Waals surface area contributed by atoms with E-state index in [0.29, 0.717) is 35.8 Å². The van der Waals surface area contributed by atoms with Gasteiger partial charge in [-0.3, -0.25) is 9.69 Å². The smallest absolute Gasteiger partial charge is 0.416 e. The van der Waals surface area contributed by atoms with Crippen molar-refractivity contribution in [3.63, 3.8) is 0 Å². The highest BCUT2D eigenvalue weighted by Gasteiger charge is 2.20. The van der Waals surface area contributed by atoms with E-state index in [1.807, 2.05) is 37.3 Å². The van der Waals surface area contributed by atoms with Gasteiger partial charge in [0, 0.05) is 18.5 Å². The number of aliphatic carboxylic acids is 1. The number of rotatable bonds is 10. The van der Waals surface area contributed by atoms with E-state index in [-0.39, 0.29) is 12.3 Å². The van der Waals surface area contributed by atoms with Crippen molar-refractivity contribution in [2.45, 2.75) is 26.8 Å². The molecule has 4 aromatic rings. The molecule has 4 rings (SSSR count). The van der Waals surface area contributed by atoms with E-state index in [4.69, 9.17) is 13.9 Å². The summed E-state index contributed by atoms with van der Waals surface area (Å²) in [5.41, 5.74) is 2.73. The van der Waals surface area contributed by atoms with Crippen LogP contribution in [-0.2, 0) is 17.8 Å². The zero-order chi connectivity index (χ0) is 27.1. The molecule has 1 amide bonds. The number of hydrogen-bond acceptors (Lipinski definition) is 6. The molecule has 0 aliphatic heterocycles. The summed E-state index contributed by atoms with van der Waals surface area (Å²) >= 11 is 0. The third kappa shape index (κ3) is 6.97. The maximum atomic E-state index is 13.5. The van der Waals surface area contributed by atoms with Crippen molar-refractivity contribution in [1.29, 1.82) is 0 Å². The molecule has 0 unspecified atom stereocenters. The Labute approximate surface area is 219 Å². The summed E-state index contributed by atoms with van der Waals surface area (Å²) in [5.74, 6) is 0.447. The summed E-state index contributed by atoms with van der Waals surface area (Å²) in [6.45, 7) is 3.25. The summed E-state index contributed by atoms with van der Waals surface area (Å²) < 4.78 is 30.4. The predicted molar refractivity (Wildman–Crippen MR) is 138 cm³/mol. The van der Waals surface area contributed by atoms with Gasteiger partial charge in [0.2, 0.25) is 5.89 Å². The topological polar surface area (TPSA) is 102 Å². The van der Waals surface area contributed by atoms with Gasteiger partial charge in [-0.15, -0.1) is 0 Å². The molecule has 8 nitrogen and oxygen atoms in total. The molecule has 0 radical (unpaired) electrons. The number of hydrogen-bond donors (Lipinski definition) is 1. The Kier molecular flexibility index (Phi) is 8.37. The van der Waals surface area contributed by atoms with Crippen LogP contribution in [0.15, 0.2) is 77.2 Å². The first kappa shape index (κ1) is 26.4. The molecule has 0 aliphatic carbocycles. The van der Waals surface area contributed by atoms with Crippen LogP contribution in [0.1, 0.15) is 22.6 Å². The molecule has 0 saturated carbocycles. The number of oxazole rings is 1. The van der Waals surface area contributed by atoms with E-state index < -0.39 is 24.4 Å². The fourth-order valence-electron chi connectivity index (χ4n) is 3.74. The highest BCUT2D eigenvalue weighted by molar-refractivity contribution is 5.78. The summed E-state index contributed by atoms with van der Waals surface area (Å²) in [6.07, 6.45) is -0.290. The number of ether oxygens (including phenoxy) is 2. The van der Waals surface area contributed by atoms with Crippen molar-refractivity contribution in [3.8, 4) is 23.0 Å². The number of halogens is 1.